The van der Waals surface area contributed by atoms with Crippen LogP contribution in [-0.4, -0.2) is 0 Å². The second-order valence-electron chi connectivity index (χ2n) is 14.1. The summed E-state index contributed by atoms with van der Waals surface area (Å²) in [7, 11) is 0. The zero-order valence-electron chi connectivity index (χ0n) is 27.7. The first-order valence-electron chi connectivity index (χ1n) is 15.1. The first-order valence-corrected chi connectivity index (χ1v) is 16.7. The molecule has 0 atom stereocenters. The van der Waals surface area contributed by atoms with Crippen molar-refractivity contribution in [3.8, 4) is 0 Å². The van der Waals surface area contributed by atoms with E-state index in [1.807, 2.05) is 0 Å². The first-order chi connectivity index (χ1) is 20.3. The monoisotopic (exact) mass is 849 g/mol. The van der Waals surface area contributed by atoms with E-state index in [2.05, 4.69) is 172 Å². The van der Waals surface area contributed by atoms with E-state index in [1.54, 1.807) is 0 Å². The second-order valence-corrected chi connectivity index (χ2v) is 15.9. The van der Waals surface area contributed by atoms with Gasteiger partial charge in [0.05, 0.1) is 0 Å². The Morgan fingerprint density at radius 2 is 1.30 bits per heavy atom. The average Bonchev–Trinajstić information content (AvgIpc) is 3.57. The van der Waals surface area contributed by atoms with Crippen molar-refractivity contribution < 1.29 is 51.0 Å². The molecular weight excluding hydrogens is 814 g/mol. The van der Waals surface area contributed by atoms with Gasteiger partial charge >= 0.3 is 26.2 Å². The quantitative estimate of drug-likeness (QED) is 0.238. The van der Waals surface area contributed by atoms with Crippen LogP contribution in [0.15, 0.2) is 87.8 Å². The maximum absolute atomic E-state index is 3.98. The molecule has 0 amide bonds. The van der Waals surface area contributed by atoms with E-state index in [1.165, 1.54) is 76.5 Å². The van der Waals surface area contributed by atoms with Crippen molar-refractivity contribution >= 4 is 49.1 Å². The van der Waals surface area contributed by atoms with Crippen LogP contribution in [0.2, 0.25) is 0 Å². The van der Waals surface area contributed by atoms with E-state index in [9.17, 15) is 0 Å². The standard InChI is InChI=1S/C41H39Br2.2ClH.Zr/c1-24-21-29-22-33-35(26-11-9-10-12-26)25(2)39(41(6,7)8)38(37(33)32(29)23-34(24)40(3,4)5)36(27-13-17-30(42)18-14-27)28-15-19-31(43)20-16-28;;;/h9-11,13-21,23H,12H2,1-8H3;2*1H;/q-1;;;+3/p-2. The minimum absolute atomic E-state index is 0. The van der Waals surface area contributed by atoms with Crippen LogP contribution in [0.4, 0.5) is 0 Å². The maximum atomic E-state index is 3.98. The number of hydrogen-bond acceptors (Lipinski definition) is 0. The number of benzene rings is 4. The van der Waals surface area contributed by atoms with Gasteiger partial charge in [-0.1, -0.05) is 150 Å². The molecule has 1 radical (unpaired) electrons. The number of halogens is 4. The van der Waals surface area contributed by atoms with Crippen LogP contribution >= 0.6 is 31.9 Å². The summed E-state index contributed by atoms with van der Waals surface area (Å²) in [6, 6.07) is 22.5. The summed E-state index contributed by atoms with van der Waals surface area (Å²) in [6.07, 6.45) is 11.7. The van der Waals surface area contributed by atoms with Gasteiger partial charge in [-0.05, 0) is 82.8 Å². The van der Waals surface area contributed by atoms with Crippen LogP contribution in [0.1, 0.15) is 92.5 Å². The van der Waals surface area contributed by atoms with Crippen LogP contribution in [0.25, 0.3) is 17.2 Å². The predicted octanol–water partition coefficient (Wildman–Crippen LogP) is 4.33. The molecule has 0 heterocycles. The first kappa shape index (κ1) is 39.0. The molecule has 0 N–H and O–H groups in total. The molecule has 5 heteroatoms. The zero-order chi connectivity index (χ0) is 30.8. The van der Waals surface area contributed by atoms with Gasteiger partial charge < -0.3 is 24.8 Å². The SMILES string of the molecule is Cc1cc2c(cc1C(C)(C)C)=c1c(c(C3=CC=CC3)c(C)c(C(C)(C)C)c1=C(c1ccc(Br)cc1)c1ccc(Br)cc1)[C-]=2.[Cl-].[Cl-].[Zr+3]. The van der Waals surface area contributed by atoms with Crippen molar-refractivity contribution in [3.05, 3.63) is 153 Å². The summed E-state index contributed by atoms with van der Waals surface area (Å²) in [5, 5.41) is 5.14. The molecule has 0 spiro atoms. The van der Waals surface area contributed by atoms with Crippen molar-refractivity contribution in [3.63, 3.8) is 0 Å². The Morgan fingerprint density at radius 1 is 0.761 bits per heavy atom. The van der Waals surface area contributed by atoms with Gasteiger partial charge in [0.2, 0.25) is 0 Å². The van der Waals surface area contributed by atoms with Gasteiger partial charge in [-0.25, -0.2) is 0 Å². The Balaban J connectivity index is 0.00000192. The van der Waals surface area contributed by atoms with Crippen molar-refractivity contribution in [2.75, 3.05) is 0 Å². The van der Waals surface area contributed by atoms with Crippen molar-refractivity contribution in [1.29, 1.82) is 0 Å². The van der Waals surface area contributed by atoms with Gasteiger partial charge in [-0.2, -0.15) is 0 Å². The molecule has 0 nitrogen and oxygen atoms in total. The number of hydrogen-bond donors (Lipinski definition) is 0. The molecule has 0 saturated heterocycles. The van der Waals surface area contributed by atoms with Crippen molar-refractivity contribution in [1.82, 2.24) is 0 Å². The number of fused-ring (bicyclic) bond motifs is 2. The number of rotatable bonds is 3. The van der Waals surface area contributed by atoms with Crippen LogP contribution < -0.4 is 35.3 Å². The minimum atomic E-state index is -0.105. The Bertz CT molecular complexity index is 2030. The normalized spacial score (nSPS) is 13.0. The van der Waals surface area contributed by atoms with E-state index in [0.29, 0.717) is 0 Å². The van der Waals surface area contributed by atoms with E-state index >= 15 is 0 Å². The summed E-state index contributed by atoms with van der Waals surface area (Å²) in [6.45, 7) is 18.7. The maximum Gasteiger partial charge on any atom is 3.00 e. The van der Waals surface area contributed by atoms with Crippen molar-refractivity contribution in [2.45, 2.75) is 72.6 Å². The van der Waals surface area contributed by atoms with Gasteiger partial charge in [-0.15, -0.1) is 33.4 Å². The van der Waals surface area contributed by atoms with Gasteiger partial charge in [0.25, 0.3) is 0 Å². The molecule has 0 aliphatic heterocycles. The van der Waals surface area contributed by atoms with Gasteiger partial charge in [0.1, 0.15) is 0 Å². The molecule has 2 aliphatic carbocycles. The summed E-state index contributed by atoms with van der Waals surface area (Å²) < 4.78 is 2.16. The van der Waals surface area contributed by atoms with E-state index in [-0.39, 0.29) is 61.8 Å². The Morgan fingerprint density at radius 3 is 1.76 bits per heavy atom. The number of aryl methyl sites for hydroxylation is 1. The van der Waals surface area contributed by atoms with Gasteiger partial charge in [0.15, 0.2) is 0 Å². The molecule has 0 bridgehead atoms. The molecule has 2 aliphatic rings. The molecule has 4 aromatic rings. The average molecular weight is 854 g/mol. The number of allylic oxidation sites excluding steroid dienone is 4. The predicted molar refractivity (Wildman–Crippen MR) is 191 cm³/mol. The van der Waals surface area contributed by atoms with Crippen molar-refractivity contribution in [2.24, 2.45) is 0 Å². The zero-order valence-corrected chi connectivity index (χ0v) is 34.9. The molecule has 0 saturated carbocycles. The van der Waals surface area contributed by atoms with Gasteiger partial charge in [-0.3, -0.25) is 0 Å². The van der Waals surface area contributed by atoms with E-state index in [0.717, 1.165) is 15.4 Å². The Kier molecular flexibility index (Phi) is 12.3. The largest absolute Gasteiger partial charge is 3.00 e. The molecule has 0 unspecified atom stereocenters. The van der Waals surface area contributed by atoms with Crippen LogP contribution in [0.3, 0.4) is 0 Å². The van der Waals surface area contributed by atoms with Crippen LogP contribution in [0, 0.1) is 24.3 Å². The molecule has 4 aromatic carbocycles. The molecule has 0 fully saturated rings. The van der Waals surface area contributed by atoms with E-state index in [4.69, 9.17) is 0 Å². The molecule has 6 rings (SSSR count). The molecular formula is C41H39Br2Cl2Zr. The third-order valence-corrected chi connectivity index (χ3v) is 9.87. The summed E-state index contributed by atoms with van der Waals surface area (Å²) in [4.78, 5) is 0. The topological polar surface area (TPSA) is 0 Å². The Labute approximate surface area is 323 Å². The minimum Gasteiger partial charge on any atom is -1.00 e. The van der Waals surface area contributed by atoms with Crippen LogP contribution in [0.5, 0.6) is 0 Å². The summed E-state index contributed by atoms with van der Waals surface area (Å²) in [5.41, 5.74) is 13.1. The third-order valence-electron chi connectivity index (χ3n) is 8.81. The summed E-state index contributed by atoms with van der Waals surface area (Å²) in [5.74, 6) is 0. The van der Waals surface area contributed by atoms with Crippen LogP contribution in [-0.2, 0) is 37.0 Å². The third kappa shape index (κ3) is 7.11. The molecule has 46 heavy (non-hydrogen) atoms. The fourth-order valence-electron chi connectivity index (χ4n) is 7.14. The molecule has 0 aromatic heterocycles. The Hall–Kier alpha value is -1.48. The van der Waals surface area contributed by atoms with E-state index < -0.39 is 0 Å². The van der Waals surface area contributed by atoms with Gasteiger partial charge in [0, 0.05) is 8.95 Å². The fourth-order valence-corrected chi connectivity index (χ4v) is 7.67. The second kappa shape index (κ2) is 14.6. The summed E-state index contributed by atoms with van der Waals surface area (Å²) >= 11 is 7.38. The fraction of sp³-hybridized carbons (Fsp3) is 0.268. The smallest absolute Gasteiger partial charge is 1.00 e. The molecule has 235 valence electrons.